The van der Waals surface area contributed by atoms with Crippen LogP contribution in [0.25, 0.3) is 0 Å². The fourth-order valence-corrected chi connectivity index (χ4v) is 2.30. The molecule has 0 spiro atoms. The number of aryl methyl sites for hydroxylation is 1. The van der Waals surface area contributed by atoms with Gasteiger partial charge >= 0.3 is 0 Å². The van der Waals surface area contributed by atoms with Crippen molar-refractivity contribution in [2.24, 2.45) is 0 Å². The molecule has 2 rings (SSSR count). The van der Waals surface area contributed by atoms with Crippen molar-refractivity contribution in [2.75, 3.05) is 11.1 Å². The number of anilines is 1. The number of aromatic nitrogens is 2. The normalized spacial score (nSPS) is 10.9. The van der Waals surface area contributed by atoms with E-state index in [0.29, 0.717) is 23.5 Å². The van der Waals surface area contributed by atoms with E-state index in [2.05, 4.69) is 29.4 Å². The number of benzene rings is 1. The molecule has 1 amide bonds. The molecule has 0 saturated carbocycles. The average Bonchev–Trinajstić information content (AvgIpc) is 2.94. The third-order valence-corrected chi connectivity index (χ3v) is 3.76. The maximum Gasteiger partial charge on any atom is 0.277 e. The molecule has 0 aliphatic heterocycles. The average molecular weight is 305 g/mol. The summed E-state index contributed by atoms with van der Waals surface area (Å²) in [5, 5.41) is 11.0. The molecule has 1 heterocycles. The van der Waals surface area contributed by atoms with Gasteiger partial charge in [0.25, 0.3) is 5.22 Å². The van der Waals surface area contributed by atoms with Gasteiger partial charge in [0, 0.05) is 12.1 Å². The van der Waals surface area contributed by atoms with Crippen molar-refractivity contribution >= 4 is 23.4 Å². The Balaban J connectivity index is 1.83. The van der Waals surface area contributed by atoms with Gasteiger partial charge in [-0.15, -0.1) is 10.2 Å². The van der Waals surface area contributed by atoms with Gasteiger partial charge in [0.2, 0.25) is 11.8 Å². The summed E-state index contributed by atoms with van der Waals surface area (Å²) in [5.74, 6) is 1.23. The number of nitrogens with one attached hydrogen (secondary N) is 1. The molecule has 112 valence electrons. The lowest BCUT2D eigenvalue weighted by Crippen LogP contribution is -2.14. The smallest absolute Gasteiger partial charge is 0.277 e. The number of rotatable bonds is 6. The topological polar surface area (TPSA) is 68.0 Å². The number of carbonyl (C=O) groups is 1. The molecule has 6 heteroatoms. The molecule has 0 bridgehead atoms. The quantitative estimate of drug-likeness (QED) is 0.827. The minimum Gasteiger partial charge on any atom is -0.416 e. The number of nitrogens with zero attached hydrogens (tertiary/aromatic N) is 2. The minimum absolute atomic E-state index is 0.0893. The summed E-state index contributed by atoms with van der Waals surface area (Å²) in [6.45, 7) is 6.22. The summed E-state index contributed by atoms with van der Waals surface area (Å²) in [5.41, 5.74) is 2.05. The number of amides is 1. The van der Waals surface area contributed by atoms with Gasteiger partial charge in [0.15, 0.2) is 0 Å². The van der Waals surface area contributed by atoms with Crippen molar-refractivity contribution < 1.29 is 9.21 Å². The Kier molecular flexibility index (Phi) is 5.38. The fourth-order valence-electron chi connectivity index (χ4n) is 1.72. The fraction of sp³-hybridized carbons (Fsp3) is 0.400. The first-order valence-corrected chi connectivity index (χ1v) is 7.92. The second-order valence-corrected chi connectivity index (χ2v) is 5.86. The van der Waals surface area contributed by atoms with E-state index in [-0.39, 0.29) is 11.7 Å². The molecule has 5 nitrogen and oxygen atoms in total. The molecule has 2 aromatic rings. The predicted molar refractivity (Wildman–Crippen MR) is 83.6 cm³/mol. The first-order chi connectivity index (χ1) is 10.1. The van der Waals surface area contributed by atoms with Crippen molar-refractivity contribution in [2.45, 2.75) is 38.3 Å². The molecule has 0 aliphatic rings. The first kappa shape index (κ1) is 15.6. The summed E-state index contributed by atoms with van der Waals surface area (Å²) < 4.78 is 5.34. The monoisotopic (exact) mass is 305 g/mol. The third-order valence-electron chi connectivity index (χ3n) is 2.94. The van der Waals surface area contributed by atoms with Gasteiger partial charge in [-0.05, 0) is 23.6 Å². The lowest BCUT2D eigenvalue weighted by molar-refractivity contribution is -0.113. The number of hydrogen-bond donors (Lipinski definition) is 1. The molecular weight excluding hydrogens is 286 g/mol. The van der Waals surface area contributed by atoms with Crippen molar-refractivity contribution in [3.8, 4) is 0 Å². The van der Waals surface area contributed by atoms with E-state index in [1.54, 1.807) is 0 Å². The molecule has 0 radical (unpaired) electrons. The molecule has 1 aromatic carbocycles. The highest BCUT2D eigenvalue weighted by Gasteiger charge is 2.09. The maximum absolute atomic E-state index is 11.9. The summed E-state index contributed by atoms with van der Waals surface area (Å²) in [4.78, 5) is 11.9. The molecule has 0 atom stereocenters. The minimum atomic E-state index is -0.0893. The largest absolute Gasteiger partial charge is 0.416 e. The third kappa shape index (κ3) is 4.60. The number of carbonyl (C=O) groups excluding carboxylic acids is 1. The molecular formula is C15H19N3O2S. The highest BCUT2D eigenvalue weighted by atomic mass is 32.2. The van der Waals surface area contributed by atoms with Gasteiger partial charge in [-0.3, -0.25) is 4.79 Å². The lowest BCUT2D eigenvalue weighted by atomic mass is 10.0. The van der Waals surface area contributed by atoms with Gasteiger partial charge in [-0.25, -0.2) is 0 Å². The van der Waals surface area contributed by atoms with E-state index in [9.17, 15) is 4.79 Å². The second kappa shape index (κ2) is 7.26. The molecule has 0 unspecified atom stereocenters. The molecule has 1 N–H and O–H groups in total. The Morgan fingerprint density at radius 2 is 2.00 bits per heavy atom. The van der Waals surface area contributed by atoms with Gasteiger partial charge in [-0.1, -0.05) is 44.7 Å². The van der Waals surface area contributed by atoms with Gasteiger partial charge < -0.3 is 9.73 Å². The Morgan fingerprint density at radius 3 is 2.57 bits per heavy atom. The molecule has 0 aliphatic carbocycles. The summed E-state index contributed by atoms with van der Waals surface area (Å²) in [7, 11) is 0. The van der Waals surface area contributed by atoms with Crippen molar-refractivity contribution in [3.63, 3.8) is 0 Å². The summed E-state index contributed by atoms with van der Waals surface area (Å²) >= 11 is 1.24. The summed E-state index contributed by atoms with van der Waals surface area (Å²) in [6, 6.07) is 7.89. The highest BCUT2D eigenvalue weighted by Crippen LogP contribution is 2.19. The number of thioether (sulfide) groups is 1. The van der Waals surface area contributed by atoms with Crippen LogP contribution < -0.4 is 5.32 Å². The highest BCUT2D eigenvalue weighted by molar-refractivity contribution is 7.99. The van der Waals surface area contributed by atoms with E-state index >= 15 is 0 Å². The van der Waals surface area contributed by atoms with Gasteiger partial charge in [0.05, 0.1) is 5.75 Å². The van der Waals surface area contributed by atoms with E-state index in [1.807, 2.05) is 31.2 Å². The Hall–Kier alpha value is -1.82. The van der Waals surface area contributed by atoms with Crippen LogP contribution in [0.5, 0.6) is 0 Å². The standard InChI is InChI=1S/C15H19N3O2S/c1-4-14-17-18-15(20-14)21-9-13(19)16-12-7-5-11(6-8-12)10(2)3/h5-8,10H,4,9H2,1-3H3,(H,16,19). The molecule has 0 fully saturated rings. The van der Waals surface area contributed by atoms with E-state index in [4.69, 9.17) is 4.42 Å². The summed E-state index contributed by atoms with van der Waals surface area (Å²) in [6.07, 6.45) is 0.696. The Morgan fingerprint density at radius 1 is 1.29 bits per heavy atom. The number of hydrogen-bond acceptors (Lipinski definition) is 5. The van der Waals surface area contributed by atoms with Crippen LogP contribution in [0.2, 0.25) is 0 Å². The van der Waals surface area contributed by atoms with Crippen LogP contribution in [0, 0.1) is 0 Å². The predicted octanol–water partition coefficient (Wildman–Crippen LogP) is 3.49. The second-order valence-electron chi connectivity index (χ2n) is 4.93. The van der Waals surface area contributed by atoms with E-state index < -0.39 is 0 Å². The van der Waals surface area contributed by atoms with Crippen LogP contribution in [-0.4, -0.2) is 21.9 Å². The zero-order valence-electron chi connectivity index (χ0n) is 12.4. The van der Waals surface area contributed by atoms with Crippen LogP contribution in [0.1, 0.15) is 38.1 Å². The van der Waals surface area contributed by atoms with Crippen molar-refractivity contribution in [3.05, 3.63) is 35.7 Å². The zero-order chi connectivity index (χ0) is 15.2. The SMILES string of the molecule is CCc1nnc(SCC(=O)Nc2ccc(C(C)C)cc2)o1. The lowest BCUT2D eigenvalue weighted by Gasteiger charge is -2.07. The van der Waals surface area contributed by atoms with Crippen LogP contribution in [-0.2, 0) is 11.2 Å². The van der Waals surface area contributed by atoms with Crippen LogP contribution in [0.3, 0.4) is 0 Å². The van der Waals surface area contributed by atoms with E-state index in [1.165, 1.54) is 17.3 Å². The Bertz CT molecular complexity index is 593. The maximum atomic E-state index is 11.9. The Labute approximate surface area is 128 Å². The van der Waals surface area contributed by atoms with Gasteiger partial charge in [-0.2, -0.15) is 0 Å². The van der Waals surface area contributed by atoms with Crippen molar-refractivity contribution in [1.29, 1.82) is 0 Å². The van der Waals surface area contributed by atoms with E-state index in [0.717, 1.165) is 5.69 Å². The first-order valence-electron chi connectivity index (χ1n) is 6.93. The molecule has 21 heavy (non-hydrogen) atoms. The molecule has 0 saturated heterocycles. The van der Waals surface area contributed by atoms with Crippen LogP contribution in [0.15, 0.2) is 33.9 Å². The van der Waals surface area contributed by atoms with Crippen LogP contribution in [0.4, 0.5) is 5.69 Å². The zero-order valence-corrected chi connectivity index (χ0v) is 13.2. The van der Waals surface area contributed by atoms with Crippen molar-refractivity contribution in [1.82, 2.24) is 10.2 Å². The van der Waals surface area contributed by atoms with Crippen LogP contribution >= 0.6 is 11.8 Å². The van der Waals surface area contributed by atoms with Gasteiger partial charge in [0.1, 0.15) is 0 Å². The molecule has 1 aromatic heterocycles.